The SMILES string of the molecule is Cc1cccc(C/C=C\CC(=O)O)c1. The van der Waals surface area contributed by atoms with Crippen molar-refractivity contribution in [1.82, 2.24) is 0 Å². The number of carboxylic acid groups (broad SMARTS) is 1. The van der Waals surface area contributed by atoms with Gasteiger partial charge in [0.2, 0.25) is 0 Å². The van der Waals surface area contributed by atoms with E-state index in [1.54, 1.807) is 6.08 Å². The molecular formula is C12H14O2. The first-order valence-electron chi connectivity index (χ1n) is 4.61. The Hall–Kier alpha value is -1.57. The number of allylic oxidation sites excluding steroid dienone is 1. The minimum absolute atomic E-state index is 0.103. The molecule has 0 heterocycles. The van der Waals surface area contributed by atoms with E-state index in [-0.39, 0.29) is 6.42 Å². The molecule has 0 aliphatic carbocycles. The van der Waals surface area contributed by atoms with Crippen molar-refractivity contribution in [3.8, 4) is 0 Å². The standard InChI is InChI=1S/C12H14O2/c1-10-5-4-7-11(9-10)6-2-3-8-12(13)14/h2-5,7,9H,6,8H2,1H3,(H,13,14)/b3-2-. The van der Waals surface area contributed by atoms with Gasteiger partial charge in [-0.05, 0) is 18.9 Å². The Morgan fingerprint density at radius 1 is 1.43 bits per heavy atom. The quantitative estimate of drug-likeness (QED) is 0.741. The highest BCUT2D eigenvalue weighted by Gasteiger charge is 1.91. The van der Waals surface area contributed by atoms with Crippen LogP contribution >= 0.6 is 0 Å². The number of carboxylic acids is 1. The van der Waals surface area contributed by atoms with Gasteiger partial charge in [0.25, 0.3) is 0 Å². The maximum Gasteiger partial charge on any atom is 0.307 e. The van der Waals surface area contributed by atoms with Gasteiger partial charge in [0.15, 0.2) is 0 Å². The maximum absolute atomic E-state index is 10.2. The number of hydrogen-bond donors (Lipinski definition) is 1. The molecule has 0 atom stereocenters. The van der Waals surface area contributed by atoms with E-state index in [9.17, 15) is 4.79 Å². The molecule has 1 aromatic rings. The summed E-state index contributed by atoms with van der Waals surface area (Å²) in [5.41, 5.74) is 2.45. The lowest BCUT2D eigenvalue weighted by molar-refractivity contribution is -0.136. The van der Waals surface area contributed by atoms with Gasteiger partial charge in [-0.3, -0.25) is 4.79 Å². The molecule has 0 aliphatic rings. The molecule has 0 radical (unpaired) electrons. The zero-order valence-electron chi connectivity index (χ0n) is 8.23. The first-order valence-corrected chi connectivity index (χ1v) is 4.61. The number of rotatable bonds is 4. The van der Waals surface area contributed by atoms with Gasteiger partial charge in [-0.1, -0.05) is 42.0 Å². The van der Waals surface area contributed by atoms with E-state index >= 15 is 0 Å². The Morgan fingerprint density at radius 3 is 2.86 bits per heavy atom. The summed E-state index contributed by atoms with van der Waals surface area (Å²) in [6, 6.07) is 8.20. The molecule has 74 valence electrons. The highest BCUT2D eigenvalue weighted by atomic mass is 16.4. The molecule has 0 saturated carbocycles. The molecule has 2 heteroatoms. The molecule has 0 spiro atoms. The highest BCUT2D eigenvalue weighted by molar-refractivity contribution is 5.68. The monoisotopic (exact) mass is 190 g/mol. The average molecular weight is 190 g/mol. The molecule has 0 bridgehead atoms. The second kappa shape index (κ2) is 5.22. The molecule has 0 amide bonds. The lowest BCUT2D eigenvalue weighted by Gasteiger charge is -1.97. The van der Waals surface area contributed by atoms with Crippen molar-refractivity contribution >= 4 is 5.97 Å². The summed E-state index contributed by atoms with van der Waals surface area (Å²) in [6.07, 6.45) is 4.48. The van der Waals surface area contributed by atoms with Crippen LogP contribution in [-0.4, -0.2) is 11.1 Å². The second-order valence-electron chi connectivity index (χ2n) is 3.26. The third-order valence-electron chi connectivity index (χ3n) is 1.90. The third-order valence-corrected chi connectivity index (χ3v) is 1.90. The van der Waals surface area contributed by atoms with Crippen molar-refractivity contribution in [2.45, 2.75) is 19.8 Å². The molecule has 0 aromatic heterocycles. The van der Waals surface area contributed by atoms with Crippen LogP contribution in [0.4, 0.5) is 0 Å². The second-order valence-corrected chi connectivity index (χ2v) is 3.26. The van der Waals surface area contributed by atoms with Gasteiger partial charge in [-0.15, -0.1) is 0 Å². The fourth-order valence-electron chi connectivity index (χ4n) is 1.24. The number of aliphatic carboxylic acids is 1. The van der Waals surface area contributed by atoms with Gasteiger partial charge in [-0.2, -0.15) is 0 Å². The summed E-state index contributed by atoms with van der Waals surface area (Å²) in [5.74, 6) is -0.787. The van der Waals surface area contributed by atoms with Crippen molar-refractivity contribution in [3.63, 3.8) is 0 Å². The van der Waals surface area contributed by atoms with Crippen LogP contribution in [0.5, 0.6) is 0 Å². The predicted octanol–water partition coefficient (Wildman–Crippen LogP) is 2.57. The van der Waals surface area contributed by atoms with E-state index in [1.165, 1.54) is 11.1 Å². The van der Waals surface area contributed by atoms with Crippen LogP contribution in [0.1, 0.15) is 17.5 Å². The van der Waals surface area contributed by atoms with Crippen LogP contribution in [0.15, 0.2) is 36.4 Å². The zero-order chi connectivity index (χ0) is 10.4. The van der Waals surface area contributed by atoms with Gasteiger partial charge in [0.05, 0.1) is 6.42 Å². The van der Waals surface area contributed by atoms with Crippen molar-refractivity contribution in [2.75, 3.05) is 0 Å². The average Bonchev–Trinajstić information content (AvgIpc) is 2.12. The molecule has 1 N–H and O–H groups in total. The number of hydrogen-bond acceptors (Lipinski definition) is 1. The molecule has 0 aliphatic heterocycles. The van der Waals surface area contributed by atoms with Gasteiger partial charge in [0, 0.05) is 0 Å². The topological polar surface area (TPSA) is 37.3 Å². The lowest BCUT2D eigenvalue weighted by atomic mass is 10.1. The molecule has 2 nitrogen and oxygen atoms in total. The maximum atomic E-state index is 10.2. The first kappa shape index (κ1) is 10.5. The predicted molar refractivity (Wildman–Crippen MR) is 56.3 cm³/mol. The Labute approximate surface area is 83.9 Å². The number of aryl methyl sites for hydroxylation is 1. The van der Waals surface area contributed by atoms with Crippen LogP contribution in [0.25, 0.3) is 0 Å². The first-order chi connectivity index (χ1) is 6.68. The molecule has 1 aromatic carbocycles. The van der Waals surface area contributed by atoms with Gasteiger partial charge in [-0.25, -0.2) is 0 Å². The molecule has 0 saturated heterocycles. The Balaban J connectivity index is 2.45. The Kier molecular flexibility index (Phi) is 3.92. The van der Waals surface area contributed by atoms with E-state index in [4.69, 9.17) is 5.11 Å². The van der Waals surface area contributed by atoms with E-state index in [0.717, 1.165) is 6.42 Å². The van der Waals surface area contributed by atoms with Crippen molar-refractivity contribution < 1.29 is 9.90 Å². The minimum atomic E-state index is -0.787. The summed E-state index contributed by atoms with van der Waals surface area (Å²) in [6.45, 7) is 2.05. The number of benzene rings is 1. The summed E-state index contributed by atoms with van der Waals surface area (Å²) in [4.78, 5) is 10.2. The highest BCUT2D eigenvalue weighted by Crippen LogP contribution is 2.05. The van der Waals surface area contributed by atoms with E-state index in [1.807, 2.05) is 31.2 Å². The summed E-state index contributed by atoms with van der Waals surface area (Å²) in [5, 5.41) is 8.40. The number of carbonyl (C=O) groups is 1. The fraction of sp³-hybridized carbons (Fsp3) is 0.250. The van der Waals surface area contributed by atoms with Crippen LogP contribution in [-0.2, 0) is 11.2 Å². The van der Waals surface area contributed by atoms with Crippen LogP contribution in [0.2, 0.25) is 0 Å². The Bertz CT molecular complexity index is 340. The third kappa shape index (κ3) is 3.90. The van der Waals surface area contributed by atoms with Gasteiger partial charge in [0.1, 0.15) is 0 Å². The summed E-state index contributed by atoms with van der Waals surface area (Å²) >= 11 is 0. The van der Waals surface area contributed by atoms with E-state index in [0.29, 0.717) is 0 Å². The van der Waals surface area contributed by atoms with Crippen molar-refractivity contribution in [2.24, 2.45) is 0 Å². The van der Waals surface area contributed by atoms with Crippen LogP contribution in [0, 0.1) is 6.92 Å². The summed E-state index contributed by atoms with van der Waals surface area (Å²) in [7, 11) is 0. The lowest BCUT2D eigenvalue weighted by Crippen LogP contribution is -1.90. The Morgan fingerprint density at radius 2 is 2.21 bits per heavy atom. The molecular weight excluding hydrogens is 176 g/mol. The normalized spacial score (nSPS) is 10.6. The molecule has 0 fully saturated rings. The minimum Gasteiger partial charge on any atom is -0.481 e. The fourth-order valence-corrected chi connectivity index (χ4v) is 1.24. The van der Waals surface area contributed by atoms with Crippen molar-refractivity contribution in [1.29, 1.82) is 0 Å². The zero-order valence-corrected chi connectivity index (χ0v) is 8.23. The van der Waals surface area contributed by atoms with E-state index < -0.39 is 5.97 Å². The van der Waals surface area contributed by atoms with Gasteiger partial charge >= 0.3 is 5.97 Å². The van der Waals surface area contributed by atoms with Crippen LogP contribution in [0.3, 0.4) is 0 Å². The largest absolute Gasteiger partial charge is 0.481 e. The molecule has 14 heavy (non-hydrogen) atoms. The smallest absolute Gasteiger partial charge is 0.307 e. The van der Waals surface area contributed by atoms with Crippen molar-refractivity contribution in [3.05, 3.63) is 47.5 Å². The van der Waals surface area contributed by atoms with E-state index in [2.05, 4.69) is 6.07 Å². The summed E-state index contributed by atoms with van der Waals surface area (Å²) < 4.78 is 0. The molecule has 0 unspecified atom stereocenters. The van der Waals surface area contributed by atoms with Crippen LogP contribution < -0.4 is 0 Å². The van der Waals surface area contributed by atoms with Gasteiger partial charge < -0.3 is 5.11 Å². The molecule has 1 rings (SSSR count).